The minimum absolute atomic E-state index is 0.533. The van der Waals surface area contributed by atoms with Crippen molar-refractivity contribution in [1.29, 1.82) is 0 Å². The van der Waals surface area contributed by atoms with Crippen LogP contribution in [-0.4, -0.2) is 9.97 Å². The SMILES string of the molecule is Cc1cc(C)c2c(Cl)nc(-c3sccc3C)nc2c1. The Balaban J connectivity index is 2.34. The fourth-order valence-corrected chi connectivity index (χ4v) is 3.48. The molecule has 0 bridgehead atoms. The smallest absolute Gasteiger partial charge is 0.171 e. The van der Waals surface area contributed by atoms with Gasteiger partial charge in [-0.2, -0.15) is 0 Å². The lowest BCUT2D eigenvalue weighted by Gasteiger charge is -2.07. The number of rotatable bonds is 1. The number of aromatic nitrogens is 2. The van der Waals surface area contributed by atoms with E-state index in [1.807, 2.05) is 12.3 Å². The number of hydrogen-bond donors (Lipinski definition) is 0. The molecule has 1 aromatic carbocycles. The van der Waals surface area contributed by atoms with Crippen molar-refractivity contribution in [1.82, 2.24) is 9.97 Å². The number of benzene rings is 1. The number of hydrogen-bond acceptors (Lipinski definition) is 3. The van der Waals surface area contributed by atoms with E-state index in [4.69, 9.17) is 11.6 Å². The first kappa shape index (κ1) is 12.6. The van der Waals surface area contributed by atoms with Gasteiger partial charge in [0.1, 0.15) is 5.15 Å². The maximum atomic E-state index is 6.34. The van der Waals surface area contributed by atoms with Gasteiger partial charge >= 0.3 is 0 Å². The molecule has 0 amide bonds. The Hall–Kier alpha value is -1.45. The number of thiophene rings is 1. The van der Waals surface area contributed by atoms with Crippen LogP contribution in [0.3, 0.4) is 0 Å². The molecular formula is C15H13ClN2S. The summed E-state index contributed by atoms with van der Waals surface area (Å²) in [5.74, 6) is 0.718. The van der Waals surface area contributed by atoms with E-state index in [0.717, 1.165) is 27.2 Å². The fourth-order valence-electron chi connectivity index (χ4n) is 2.29. The van der Waals surface area contributed by atoms with Crippen molar-refractivity contribution in [3.05, 3.63) is 45.4 Å². The van der Waals surface area contributed by atoms with Gasteiger partial charge in [-0.3, -0.25) is 0 Å². The van der Waals surface area contributed by atoms with Crippen LogP contribution < -0.4 is 0 Å². The zero-order valence-corrected chi connectivity index (χ0v) is 12.6. The summed E-state index contributed by atoms with van der Waals surface area (Å²) >= 11 is 7.99. The van der Waals surface area contributed by atoms with Crippen LogP contribution >= 0.6 is 22.9 Å². The molecule has 0 saturated heterocycles. The van der Waals surface area contributed by atoms with E-state index in [1.54, 1.807) is 11.3 Å². The summed E-state index contributed by atoms with van der Waals surface area (Å²) in [6, 6.07) is 6.24. The second-order valence-electron chi connectivity index (χ2n) is 4.75. The highest BCUT2D eigenvalue weighted by Crippen LogP contribution is 2.31. The highest BCUT2D eigenvalue weighted by molar-refractivity contribution is 7.13. The molecule has 19 heavy (non-hydrogen) atoms. The maximum Gasteiger partial charge on any atom is 0.171 e. The van der Waals surface area contributed by atoms with Gasteiger partial charge in [0, 0.05) is 5.39 Å². The number of fused-ring (bicyclic) bond motifs is 1. The minimum atomic E-state index is 0.533. The second kappa shape index (κ2) is 4.58. The number of halogens is 1. The molecule has 3 rings (SSSR count). The average Bonchev–Trinajstić information content (AvgIpc) is 2.73. The summed E-state index contributed by atoms with van der Waals surface area (Å²) in [5.41, 5.74) is 4.41. The van der Waals surface area contributed by atoms with Gasteiger partial charge < -0.3 is 0 Å². The summed E-state index contributed by atoms with van der Waals surface area (Å²) in [4.78, 5) is 10.2. The van der Waals surface area contributed by atoms with Crippen LogP contribution in [0.4, 0.5) is 0 Å². The summed E-state index contributed by atoms with van der Waals surface area (Å²) in [7, 11) is 0. The van der Waals surface area contributed by atoms with Crippen LogP contribution in [0.15, 0.2) is 23.6 Å². The highest BCUT2D eigenvalue weighted by Gasteiger charge is 2.12. The predicted octanol–water partition coefficient (Wildman–Crippen LogP) is 4.94. The molecule has 2 heterocycles. The van der Waals surface area contributed by atoms with Gasteiger partial charge in [0.2, 0.25) is 0 Å². The highest BCUT2D eigenvalue weighted by atomic mass is 35.5. The van der Waals surface area contributed by atoms with Gasteiger partial charge in [-0.15, -0.1) is 11.3 Å². The lowest BCUT2D eigenvalue weighted by molar-refractivity contribution is 1.22. The molecule has 0 saturated carbocycles. The van der Waals surface area contributed by atoms with Crippen molar-refractivity contribution < 1.29 is 0 Å². The Morgan fingerprint density at radius 3 is 2.53 bits per heavy atom. The van der Waals surface area contributed by atoms with Gasteiger partial charge in [0.15, 0.2) is 5.82 Å². The second-order valence-corrected chi connectivity index (χ2v) is 6.02. The molecule has 0 fully saturated rings. The molecule has 0 unspecified atom stereocenters. The third kappa shape index (κ3) is 2.13. The van der Waals surface area contributed by atoms with Crippen molar-refractivity contribution >= 4 is 33.8 Å². The summed E-state index contributed by atoms with van der Waals surface area (Å²) in [6.45, 7) is 6.17. The first-order chi connectivity index (χ1) is 9.06. The van der Waals surface area contributed by atoms with Crippen LogP contribution in [0.5, 0.6) is 0 Å². The van der Waals surface area contributed by atoms with Crippen LogP contribution in [0, 0.1) is 20.8 Å². The van der Waals surface area contributed by atoms with Crippen molar-refractivity contribution in [2.24, 2.45) is 0 Å². The quantitative estimate of drug-likeness (QED) is 0.593. The molecule has 0 aliphatic carbocycles. The Morgan fingerprint density at radius 2 is 1.84 bits per heavy atom. The van der Waals surface area contributed by atoms with Crippen molar-refractivity contribution in [3.63, 3.8) is 0 Å². The normalized spacial score (nSPS) is 11.2. The van der Waals surface area contributed by atoms with E-state index < -0.39 is 0 Å². The maximum absolute atomic E-state index is 6.34. The van der Waals surface area contributed by atoms with E-state index in [1.165, 1.54) is 11.1 Å². The number of nitrogens with zero attached hydrogens (tertiary/aromatic N) is 2. The predicted molar refractivity (Wildman–Crippen MR) is 82.1 cm³/mol. The molecule has 2 aromatic heterocycles. The van der Waals surface area contributed by atoms with Crippen LogP contribution in [0.25, 0.3) is 21.6 Å². The molecule has 0 aliphatic heterocycles. The first-order valence-electron chi connectivity index (χ1n) is 6.05. The first-order valence-corrected chi connectivity index (χ1v) is 7.31. The lowest BCUT2D eigenvalue weighted by Crippen LogP contribution is -1.94. The summed E-state index contributed by atoms with van der Waals surface area (Å²) < 4.78 is 0. The minimum Gasteiger partial charge on any atom is -0.227 e. The molecule has 0 radical (unpaired) electrons. The molecule has 0 atom stereocenters. The Morgan fingerprint density at radius 1 is 1.05 bits per heavy atom. The third-order valence-electron chi connectivity index (χ3n) is 3.16. The van der Waals surface area contributed by atoms with E-state index in [2.05, 4.69) is 42.0 Å². The fraction of sp³-hybridized carbons (Fsp3) is 0.200. The largest absolute Gasteiger partial charge is 0.227 e. The van der Waals surface area contributed by atoms with E-state index >= 15 is 0 Å². The van der Waals surface area contributed by atoms with Crippen LogP contribution in [0.2, 0.25) is 5.15 Å². The molecule has 2 nitrogen and oxygen atoms in total. The Kier molecular flexibility index (Phi) is 3.03. The van der Waals surface area contributed by atoms with Crippen LogP contribution in [0.1, 0.15) is 16.7 Å². The molecule has 0 spiro atoms. The molecule has 0 aliphatic rings. The zero-order valence-electron chi connectivity index (χ0n) is 11.0. The van der Waals surface area contributed by atoms with Gasteiger partial charge in [0.25, 0.3) is 0 Å². The molecule has 3 aromatic rings. The monoisotopic (exact) mass is 288 g/mol. The molecule has 4 heteroatoms. The summed E-state index contributed by atoms with van der Waals surface area (Å²) in [5, 5.41) is 3.53. The van der Waals surface area contributed by atoms with Gasteiger partial charge in [0.05, 0.1) is 10.4 Å². The average molecular weight is 289 g/mol. The number of aryl methyl sites for hydroxylation is 3. The third-order valence-corrected chi connectivity index (χ3v) is 4.45. The standard InChI is InChI=1S/C15H13ClN2S/c1-8-6-10(3)12-11(7-8)17-15(18-14(12)16)13-9(2)4-5-19-13/h4-7H,1-3H3. The van der Waals surface area contributed by atoms with Crippen molar-refractivity contribution in [3.8, 4) is 10.7 Å². The Labute approximate surface area is 121 Å². The Bertz CT molecular complexity index is 777. The molecule has 96 valence electrons. The topological polar surface area (TPSA) is 25.8 Å². The van der Waals surface area contributed by atoms with Crippen molar-refractivity contribution in [2.75, 3.05) is 0 Å². The zero-order chi connectivity index (χ0) is 13.6. The van der Waals surface area contributed by atoms with E-state index in [0.29, 0.717) is 5.15 Å². The molecule has 0 N–H and O–H groups in total. The van der Waals surface area contributed by atoms with Gasteiger partial charge in [-0.25, -0.2) is 9.97 Å². The lowest BCUT2D eigenvalue weighted by atomic mass is 10.1. The van der Waals surface area contributed by atoms with Crippen LogP contribution in [-0.2, 0) is 0 Å². The van der Waals surface area contributed by atoms with E-state index in [9.17, 15) is 0 Å². The van der Waals surface area contributed by atoms with Gasteiger partial charge in [-0.1, -0.05) is 17.7 Å². The van der Waals surface area contributed by atoms with Gasteiger partial charge in [-0.05, 0) is 55.0 Å². The van der Waals surface area contributed by atoms with E-state index in [-0.39, 0.29) is 0 Å². The summed E-state index contributed by atoms with van der Waals surface area (Å²) in [6.07, 6.45) is 0. The molecular weight excluding hydrogens is 276 g/mol. The van der Waals surface area contributed by atoms with Crippen molar-refractivity contribution in [2.45, 2.75) is 20.8 Å².